The zero-order chi connectivity index (χ0) is 23.0. The predicted octanol–water partition coefficient (Wildman–Crippen LogP) is 5.31. The summed E-state index contributed by atoms with van der Waals surface area (Å²) in [6.45, 7) is 4.66. The second kappa shape index (κ2) is 8.29. The average Bonchev–Trinajstić information content (AvgIpc) is 3.25. The molecule has 0 saturated carbocycles. The van der Waals surface area contributed by atoms with E-state index in [4.69, 9.17) is 13.9 Å². The number of ether oxygens (including phenoxy) is 2. The molecule has 0 unspecified atom stereocenters. The predicted molar refractivity (Wildman–Crippen MR) is 124 cm³/mol. The molecule has 0 fully saturated rings. The first-order valence-electron chi connectivity index (χ1n) is 10.5. The molecular weight excluding hydrogens is 440 g/mol. The summed E-state index contributed by atoms with van der Waals surface area (Å²) in [5.41, 5.74) is 3.36. The number of rotatable bonds is 5. The molecule has 0 amide bonds. The Morgan fingerprint density at radius 1 is 0.879 bits per heavy atom. The van der Waals surface area contributed by atoms with Gasteiger partial charge in [0.1, 0.15) is 13.2 Å². The zero-order valence-corrected chi connectivity index (χ0v) is 19.0. The van der Waals surface area contributed by atoms with Crippen LogP contribution in [0.25, 0.3) is 11.5 Å². The summed E-state index contributed by atoms with van der Waals surface area (Å²) in [5, 5.41) is 2.92. The van der Waals surface area contributed by atoms with Crippen molar-refractivity contribution >= 4 is 21.4 Å². The molecule has 1 aliphatic rings. The SMILES string of the molecule is Cc1cccc(-c2nc(S(=O)(=O)c3ccc4c(c3)OCCO4)c(Nc3ccccc3C)o2)c1. The molecule has 0 spiro atoms. The number of nitrogens with one attached hydrogen (secondary N) is 1. The molecule has 168 valence electrons. The summed E-state index contributed by atoms with van der Waals surface area (Å²) in [6.07, 6.45) is 0. The monoisotopic (exact) mass is 462 g/mol. The number of hydrogen-bond acceptors (Lipinski definition) is 7. The molecule has 1 aliphatic heterocycles. The Bertz CT molecular complexity index is 1440. The second-order valence-corrected chi connectivity index (χ2v) is 9.64. The van der Waals surface area contributed by atoms with Gasteiger partial charge in [-0.3, -0.25) is 0 Å². The standard InChI is InChI=1S/C25H22N2O5S/c1-16-6-5-8-18(14-16)23-27-25(24(32-23)26-20-9-4-3-7-17(20)2)33(28,29)19-10-11-21-22(15-19)31-13-12-30-21/h3-11,14-15,26H,12-13H2,1-2H3. The number of hydrogen-bond donors (Lipinski definition) is 1. The number of fused-ring (bicyclic) bond motifs is 1. The smallest absolute Gasteiger partial charge is 0.238 e. The highest BCUT2D eigenvalue weighted by Crippen LogP contribution is 2.38. The van der Waals surface area contributed by atoms with Crippen LogP contribution in [0.3, 0.4) is 0 Å². The van der Waals surface area contributed by atoms with Crippen LogP contribution in [0.15, 0.2) is 81.1 Å². The van der Waals surface area contributed by atoms with Gasteiger partial charge in [0.15, 0.2) is 11.5 Å². The van der Waals surface area contributed by atoms with E-state index in [1.807, 2.05) is 62.4 Å². The molecule has 3 aromatic carbocycles. The van der Waals surface area contributed by atoms with E-state index in [1.54, 1.807) is 6.07 Å². The van der Waals surface area contributed by atoms with E-state index in [0.29, 0.717) is 30.3 Å². The van der Waals surface area contributed by atoms with Gasteiger partial charge in [0.2, 0.25) is 26.6 Å². The quantitative estimate of drug-likeness (QED) is 0.430. The molecule has 0 saturated heterocycles. The summed E-state index contributed by atoms with van der Waals surface area (Å²) in [5.74, 6) is 1.17. The van der Waals surface area contributed by atoms with Gasteiger partial charge in [-0.2, -0.15) is 4.98 Å². The van der Waals surface area contributed by atoms with Crippen LogP contribution in [-0.2, 0) is 9.84 Å². The minimum Gasteiger partial charge on any atom is -0.486 e. The van der Waals surface area contributed by atoms with Crippen molar-refractivity contribution in [3.63, 3.8) is 0 Å². The van der Waals surface area contributed by atoms with Crippen molar-refractivity contribution in [2.45, 2.75) is 23.8 Å². The maximum absolute atomic E-state index is 13.7. The van der Waals surface area contributed by atoms with Crippen LogP contribution in [0.5, 0.6) is 11.5 Å². The van der Waals surface area contributed by atoms with Crippen molar-refractivity contribution in [1.82, 2.24) is 4.98 Å². The zero-order valence-electron chi connectivity index (χ0n) is 18.2. The van der Waals surface area contributed by atoms with Crippen LogP contribution in [-0.4, -0.2) is 26.6 Å². The first-order chi connectivity index (χ1) is 15.9. The van der Waals surface area contributed by atoms with Gasteiger partial charge in [0.05, 0.1) is 4.90 Å². The topological polar surface area (TPSA) is 90.7 Å². The number of aryl methyl sites for hydroxylation is 2. The highest BCUT2D eigenvalue weighted by molar-refractivity contribution is 7.91. The number of para-hydroxylation sites is 1. The highest BCUT2D eigenvalue weighted by atomic mass is 32.2. The molecule has 0 atom stereocenters. The maximum Gasteiger partial charge on any atom is 0.238 e. The fourth-order valence-electron chi connectivity index (χ4n) is 3.61. The van der Waals surface area contributed by atoms with E-state index < -0.39 is 9.84 Å². The van der Waals surface area contributed by atoms with E-state index in [-0.39, 0.29) is 21.7 Å². The third kappa shape index (κ3) is 4.05. The molecule has 33 heavy (non-hydrogen) atoms. The summed E-state index contributed by atoms with van der Waals surface area (Å²) in [7, 11) is -4.04. The molecule has 1 N–H and O–H groups in total. The van der Waals surface area contributed by atoms with Gasteiger partial charge in [-0.05, 0) is 49.7 Å². The van der Waals surface area contributed by atoms with Crippen molar-refractivity contribution in [3.8, 4) is 23.0 Å². The van der Waals surface area contributed by atoms with E-state index in [9.17, 15) is 8.42 Å². The Kier molecular flexibility index (Phi) is 5.30. The Morgan fingerprint density at radius 3 is 2.45 bits per heavy atom. The van der Waals surface area contributed by atoms with Crippen molar-refractivity contribution in [1.29, 1.82) is 0 Å². The number of nitrogens with zero attached hydrogens (tertiary/aromatic N) is 1. The summed E-state index contributed by atoms with van der Waals surface area (Å²) in [4.78, 5) is 4.46. The van der Waals surface area contributed by atoms with E-state index in [0.717, 1.165) is 16.8 Å². The van der Waals surface area contributed by atoms with Crippen LogP contribution in [0.4, 0.5) is 11.6 Å². The van der Waals surface area contributed by atoms with Crippen LogP contribution in [0, 0.1) is 13.8 Å². The minimum atomic E-state index is -4.04. The second-order valence-electron chi connectivity index (χ2n) is 7.77. The first-order valence-corrected chi connectivity index (χ1v) is 12.0. The van der Waals surface area contributed by atoms with Gasteiger partial charge in [0, 0.05) is 17.3 Å². The molecule has 4 aromatic rings. The van der Waals surface area contributed by atoms with Crippen LogP contribution in [0.1, 0.15) is 11.1 Å². The van der Waals surface area contributed by atoms with Crippen LogP contribution >= 0.6 is 0 Å². The molecule has 2 heterocycles. The third-order valence-electron chi connectivity index (χ3n) is 5.33. The van der Waals surface area contributed by atoms with Gasteiger partial charge in [-0.15, -0.1) is 0 Å². The number of sulfone groups is 1. The molecule has 5 rings (SSSR count). The molecule has 0 bridgehead atoms. The molecule has 0 radical (unpaired) electrons. The molecule has 7 nitrogen and oxygen atoms in total. The molecular formula is C25H22N2O5S. The van der Waals surface area contributed by atoms with E-state index >= 15 is 0 Å². The fourth-order valence-corrected chi connectivity index (χ4v) is 4.88. The van der Waals surface area contributed by atoms with E-state index in [2.05, 4.69) is 10.3 Å². The minimum absolute atomic E-state index is 0.0451. The summed E-state index contributed by atoms with van der Waals surface area (Å²) < 4.78 is 44.4. The van der Waals surface area contributed by atoms with Crippen molar-refractivity contribution in [2.24, 2.45) is 0 Å². The van der Waals surface area contributed by atoms with Crippen LogP contribution in [0.2, 0.25) is 0 Å². The Labute approximate surface area is 191 Å². The Hall–Kier alpha value is -3.78. The van der Waals surface area contributed by atoms with Gasteiger partial charge < -0.3 is 19.2 Å². The highest BCUT2D eigenvalue weighted by Gasteiger charge is 2.30. The van der Waals surface area contributed by atoms with Gasteiger partial charge in [-0.25, -0.2) is 8.42 Å². The normalized spacial score (nSPS) is 13.0. The maximum atomic E-state index is 13.7. The largest absolute Gasteiger partial charge is 0.486 e. The number of benzene rings is 3. The lowest BCUT2D eigenvalue weighted by Gasteiger charge is -2.18. The number of oxazole rings is 1. The molecule has 8 heteroatoms. The lowest BCUT2D eigenvalue weighted by Crippen LogP contribution is -2.16. The van der Waals surface area contributed by atoms with Crippen molar-refractivity contribution in [3.05, 3.63) is 77.9 Å². The number of anilines is 2. The van der Waals surface area contributed by atoms with Crippen molar-refractivity contribution < 1.29 is 22.3 Å². The lowest BCUT2D eigenvalue weighted by atomic mass is 10.1. The van der Waals surface area contributed by atoms with Gasteiger partial charge in [0.25, 0.3) is 0 Å². The fraction of sp³-hybridized carbons (Fsp3) is 0.160. The first kappa shape index (κ1) is 21.1. The van der Waals surface area contributed by atoms with Crippen LogP contribution < -0.4 is 14.8 Å². The molecule has 1 aromatic heterocycles. The van der Waals surface area contributed by atoms with Gasteiger partial charge >= 0.3 is 0 Å². The lowest BCUT2D eigenvalue weighted by molar-refractivity contribution is 0.171. The molecule has 0 aliphatic carbocycles. The van der Waals surface area contributed by atoms with Gasteiger partial charge in [-0.1, -0.05) is 35.9 Å². The summed E-state index contributed by atoms with van der Waals surface area (Å²) >= 11 is 0. The average molecular weight is 463 g/mol. The van der Waals surface area contributed by atoms with Crippen molar-refractivity contribution in [2.75, 3.05) is 18.5 Å². The number of aromatic nitrogens is 1. The van der Waals surface area contributed by atoms with E-state index in [1.165, 1.54) is 12.1 Å². The Balaban J connectivity index is 1.64. The summed E-state index contributed by atoms with van der Waals surface area (Å²) in [6, 6.07) is 19.6. The third-order valence-corrected chi connectivity index (χ3v) is 6.99. The Morgan fingerprint density at radius 2 is 1.67 bits per heavy atom.